The highest BCUT2D eigenvalue weighted by Gasteiger charge is 2.31. The molecule has 0 spiro atoms. The van der Waals surface area contributed by atoms with E-state index in [-0.39, 0.29) is 12.3 Å². The topological polar surface area (TPSA) is 60.4 Å². The molecule has 1 saturated heterocycles. The number of carbonyl (C=O) groups is 2. The van der Waals surface area contributed by atoms with Gasteiger partial charge < -0.3 is 9.90 Å². The molecule has 0 atom stereocenters. The van der Waals surface area contributed by atoms with Crippen molar-refractivity contribution in [1.29, 1.82) is 0 Å². The van der Waals surface area contributed by atoms with Gasteiger partial charge in [0, 0.05) is 22.3 Å². The van der Waals surface area contributed by atoms with Gasteiger partial charge in [-0.15, -0.1) is 11.3 Å². The van der Waals surface area contributed by atoms with Crippen LogP contribution < -0.4 is 5.11 Å². The van der Waals surface area contributed by atoms with Crippen LogP contribution in [-0.2, 0) is 9.59 Å². The Morgan fingerprint density at radius 3 is 2.77 bits per heavy atom. The molecule has 0 aliphatic carbocycles. The summed E-state index contributed by atoms with van der Waals surface area (Å²) in [4.78, 5) is 27.2. The first kappa shape index (κ1) is 17.2. The highest BCUT2D eigenvalue weighted by atomic mass is 32.2. The maximum absolute atomic E-state index is 12.3. The number of carboxylic acid groups (broad SMARTS) is 1. The second kappa shape index (κ2) is 7.89. The number of thioether (sulfide) groups is 1. The minimum Gasteiger partial charge on any atom is -0.550 e. The first-order chi connectivity index (χ1) is 10.5. The molecule has 1 amide bonds. The van der Waals surface area contributed by atoms with E-state index in [0.717, 1.165) is 17.7 Å². The summed E-state index contributed by atoms with van der Waals surface area (Å²) in [5, 5.41) is 10.3. The quantitative estimate of drug-likeness (QED) is 0.428. The number of unbranched alkanes of at least 4 members (excludes halogenated alkanes) is 2. The first-order valence-corrected chi connectivity index (χ1v) is 9.03. The molecule has 1 aliphatic rings. The number of thiocarbonyl (C=S) groups is 1. The molecule has 0 unspecified atom stereocenters. The van der Waals surface area contributed by atoms with Gasteiger partial charge in [-0.05, 0) is 44.4 Å². The lowest BCUT2D eigenvalue weighted by Gasteiger charge is -2.14. The molecule has 118 valence electrons. The van der Waals surface area contributed by atoms with E-state index in [1.807, 2.05) is 25.1 Å². The van der Waals surface area contributed by atoms with E-state index in [9.17, 15) is 14.7 Å². The Balaban J connectivity index is 1.89. The molecule has 1 fully saturated rings. The number of hydrogen-bond acceptors (Lipinski definition) is 6. The third kappa shape index (κ3) is 4.66. The van der Waals surface area contributed by atoms with Crippen LogP contribution in [0.4, 0.5) is 0 Å². The van der Waals surface area contributed by atoms with Gasteiger partial charge in [0.05, 0.1) is 4.91 Å². The number of thiophene rings is 1. The smallest absolute Gasteiger partial charge is 0.266 e. The van der Waals surface area contributed by atoms with E-state index in [0.29, 0.717) is 22.2 Å². The van der Waals surface area contributed by atoms with Gasteiger partial charge in [-0.1, -0.05) is 30.4 Å². The molecule has 2 heterocycles. The molecule has 4 nitrogen and oxygen atoms in total. The van der Waals surface area contributed by atoms with E-state index in [4.69, 9.17) is 12.2 Å². The molecule has 0 aromatic carbocycles. The van der Waals surface area contributed by atoms with Gasteiger partial charge >= 0.3 is 0 Å². The van der Waals surface area contributed by atoms with E-state index in [2.05, 4.69) is 0 Å². The Kier molecular flexibility index (Phi) is 6.16. The number of carboxylic acids is 1. The van der Waals surface area contributed by atoms with E-state index >= 15 is 0 Å². The summed E-state index contributed by atoms with van der Waals surface area (Å²) in [6.45, 7) is 2.57. The monoisotopic (exact) mass is 354 g/mol. The van der Waals surface area contributed by atoms with Crippen molar-refractivity contribution in [2.45, 2.75) is 32.6 Å². The van der Waals surface area contributed by atoms with Crippen molar-refractivity contribution in [2.75, 3.05) is 6.54 Å². The fraction of sp³-hybridized carbons (Fsp3) is 0.400. The van der Waals surface area contributed by atoms with Crippen molar-refractivity contribution in [2.24, 2.45) is 0 Å². The van der Waals surface area contributed by atoms with Gasteiger partial charge in [0.15, 0.2) is 0 Å². The van der Waals surface area contributed by atoms with Crippen LogP contribution in [0, 0.1) is 6.92 Å². The summed E-state index contributed by atoms with van der Waals surface area (Å²) in [6.07, 6.45) is 4.00. The Morgan fingerprint density at radius 2 is 2.14 bits per heavy atom. The zero-order chi connectivity index (χ0) is 16.1. The predicted octanol–water partition coefficient (Wildman–Crippen LogP) is 2.57. The van der Waals surface area contributed by atoms with Gasteiger partial charge in [0.25, 0.3) is 5.91 Å². The molecule has 7 heteroatoms. The van der Waals surface area contributed by atoms with E-state index in [1.54, 1.807) is 16.2 Å². The highest BCUT2D eigenvalue weighted by Crippen LogP contribution is 2.33. The van der Waals surface area contributed by atoms with E-state index < -0.39 is 5.97 Å². The van der Waals surface area contributed by atoms with Crippen LogP contribution in [0.1, 0.15) is 35.4 Å². The van der Waals surface area contributed by atoms with Crippen LogP contribution in [-0.4, -0.2) is 27.6 Å². The SMILES string of the molecule is Cc1ccc(/C=C2\SC(=S)N(CCCCCC(=O)[O-])C2=O)s1. The third-order valence-electron chi connectivity index (χ3n) is 3.17. The lowest BCUT2D eigenvalue weighted by Crippen LogP contribution is -2.29. The second-order valence-corrected chi connectivity index (χ2v) is 7.96. The minimum atomic E-state index is -1.03. The second-order valence-electron chi connectivity index (χ2n) is 4.96. The molecule has 1 aromatic heterocycles. The standard InChI is InChI=1S/C15H17NO3S3/c1-10-6-7-11(21-10)9-12-14(19)16(15(20)22-12)8-4-2-3-5-13(17)18/h6-7,9H,2-5,8H2,1H3,(H,17,18)/p-1/b12-9-. The van der Waals surface area contributed by atoms with Crippen LogP contribution in [0.3, 0.4) is 0 Å². The molecule has 0 N–H and O–H groups in total. The van der Waals surface area contributed by atoms with Crippen LogP contribution in [0.2, 0.25) is 0 Å². The average molecular weight is 354 g/mol. The number of carbonyl (C=O) groups excluding carboxylic acids is 2. The molecular formula is C15H16NO3S3-. The van der Waals surface area contributed by atoms with Crippen LogP contribution >= 0.6 is 35.3 Å². The van der Waals surface area contributed by atoms with Gasteiger partial charge in [0.1, 0.15) is 4.32 Å². The fourth-order valence-corrected chi connectivity index (χ4v) is 4.26. The fourth-order valence-electron chi connectivity index (χ4n) is 2.07. The minimum absolute atomic E-state index is 0.0547. The summed E-state index contributed by atoms with van der Waals surface area (Å²) in [5.74, 6) is -1.08. The predicted molar refractivity (Wildman–Crippen MR) is 92.4 cm³/mol. The maximum atomic E-state index is 12.3. The maximum Gasteiger partial charge on any atom is 0.266 e. The van der Waals surface area contributed by atoms with Crippen molar-refractivity contribution in [3.8, 4) is 0 Å². The van der Waals surface area contributed by atoms with Crippen LogP contribution in [0.15, 0.2) is 17.0 Å². The van der Waals surface area contributed by atoms with Crippen molar-refractivity contribution >= 4 is 57.6 Å². The third-order valence-corrected chi connectivity index (χ3v) is 5.50. The Hall–Kier alpha value is -1.18. The molecule has 0 saturated carbocycles. The van der Waals surface area contributed by atoms with Gasteiger partial charge in [-0.25, -0.2) is 0 Å². The summed E-state index contributed by atoms with van der Waals surface area (Å²) in [7, 11) is 0. The van der Waals surface area contributed by atoms with E-state index in [1.165, 1.54) is 16.6 Å². The molecule has 0 radical (unpaired) electrons. The first-order valence-electron chi connectivity index (χ1n) is 6.99. The number of aryl methyl sites for hydroxylation is 1. The summed E-state index contributed by atoms with van der Waals surface area (Å²) in [6, 6.07) is 4.01. The Morgan fingerprint density at radius 1 is 1.36 bits per heavy atom. The largest absolute Gasteiger partial charge is 0.550 e. The molecule has 0 bridgehead atoms. The highest BCUT2D eigenvalue weighted by molar-refractivity contribution is 8.26. The van der Waals surface area contributed by atoms with Crippen molar-refractivity contribution in [1.82, 2.24) is 4.90 Å². The summed E-state index contributed by atoms with van der Waals surface area (Å²) in [5.41, 5.74) is 0. The van der Waals surface area contributed by atoms with Gasteiger partial charge in [0.2, 0.25) is 0 Å². The van der Waals surface area contributed by atoms with Gasteiger partial charge in [-0.3, -0.25) is 9.69 Å². The normalized spacial score (nSPS) is 16.8. The van der Waals surface area contributed by atoms with Crippen molar-refractivity contribution in [3.05, 3.63) is 26.8 Å². The molecule has 22 heavy (non-hydrogen) atoms. The van der Waals surface area contributed by atoms with Crippen molar-refractivity contribution in [3.63, 3.8) is 0 Å². The molecule has 1 aliphatic heterocycles. The summed E-state index contributed by atoms with van der Waals surface area (Å²) < 4.78 is 0.574. The number of amides is 1. The molecule has 2 rings (SSSR count). The number of rotatable bonds is 7. The Bertz CT molecular complexity index is 621. The number of aliphatic carboxylic acids is 1. The molecule has 1 aromatic rings. The van der Waals surface area contributed by atoms with Gasteiger partial charge in [-0.2, -0.15) is 0 Å². The average Bonchev–Trinajstić information content (AvgIpc) is 2.96. The number of hydrogen-bond donors (Lipinski definition) is 0. The van der Waals surface area contributed by atoms with Crippen LogP contribution in [0.25, 0.3) is 6.08 Å². The molecular weight excluding hydrogens is 338 g/mol. The zero-order valence-corrected chi connectivity index (χ0v) is 14.6. The number of nitrogens with zero attached hydrogens (tertiary/aromatic N) is 1. The van der Waals surface area contributed by atoms with Crippen molar-refractivity contribution < 1.29 is 14.7 Å². The van der Waals surface area contributed by atoms with Crippen LogP contribution in [0.5, 0.6) is 0 Å². The summed E-state index contributed by atoms with van der Waals surface area (Å²) >= 11 is 8.23. The zero-order valence-electron chi connectivity index (χ0n) is 12.2. The lowest BCUT2D eigenvalue weighted by atomic mass is 10.2. The lowest BCUT2D eigenvalue weighted by molar-refractivity contribution is -0.305. The Labute approximate surface area is 143 Å².